The topological polar surface area (TPSA) is 73.0 Å². The summed E-state index contributed by atoms with van der Waals surface area (Å²) in [5.74, 6) is 1.05. The fourth-order valence-corrected chi connectivity index (χ4v) is 8.35. The second kappa shape index (κ2) is 12.2. The van der Waals surface area contributed by atoms with Gasteiger partial charge in [0.2, 0.25) is 17.7 Å². The van der Waals surface area contributed by atoms with E-state index in [4.69, 9.17) is 0 Å². The summed E-state index contributed by atoms with van der Waals surface area (Å²) in [6.07, 6.45) is 3.16. The molecular formula is C37H42N4O3. The third kappa shape index (κ3) is 5.11. The first-order valence-electron chi connectivity index (χ1n) is 16.3. The van der Waals surface area contributed by atoms with Crippen molar-refractivity contribution in [2.45, 2.75) is 49.6 Å². The number of hydrogen-bond donors (Lipinski definition) is 1. The molecule has 0 bridgehead atoms. The predicted octanol–water partition coefficient (Wildman–Crippen LogP) is 4.07. The van der Waals surface area contributed by atoms with Crippen LogP contribution in [0.15, 0.2) is 91.0 Å². The second-order valence-electron chi connectivity index (χ2n) is 13.0. The number of fused-ring (bicyclic) bond motifs is 1. The number of carbonyl (C=O) groups excluding carboxylic acids is 3. The van der Waals surface area contributed by atoms with Crippen molar-refractivity contribution in [3.8, 4) is 0 Å². The van der Waals surface area contributed by atoms with Crippen molar-refractivity contribution >= 4 is 17.7 Å². The number of nitrogens with one attached hydrogen (secondary N) is 1. The Labute approximate surface area is 260 Å². The Morgan fingerprint density at radius 1 is 0.636 bits per heavy atom. The zero-order chi connectivity index (χ0) is 30.1. The fraction of sp³-hybridized carbons (Fsp3) is 0.432. The summed E-state index contributed by atoms with van der Waals surface area (Å²) in [4.78, 5) is 48.1. The molecule has 4 fully saturated rings. The molecule has 0 aliphatic carbocycles. The quantitative estimate of drug-likeness (QED) is 0.421. The Morgan fingerprint density at radius 3 is 1.59 bits per heavy atom. The van der Waals surface area contributed by atoms with Crippen LogP contribution in [0.2, 0.25) is 0 Å². The number of amides is 3. The maximum atomic E-state index is 14.5. The van der Waals surface area contributed by atoms with E-state index in [2.05, 4.69) is 41.7 Å². The molecule has 0 radical (unpaired) electrons. The number of likely N-dealkylation sites (tertiary alicyclic amines) is 3. The van der Waals surface area contributed by atoms with E-state index >= 15 is 0 Å². The maximum Gasteiger partial charge on any atom is 0.246 e. The first-order valence-corrected chi connectivity index (χ1v) is 16.3. The Balaban J connectivity index is 1.16. The summed E-state index contributed by atoms with van der Waals surface area (Å²) in [6, 6.07) is 29.8. The van der Waals surface area contributed by atoms with Gasteiger partial charge in [-0.2, -0.15) is 0 Å². The molecule has 228 valence electrons. The lowest BCUT2D eigenvalue weighted by atomic mass is 9.67. The van der Waals surface area contributed by atoms with Gasteiger partial charge in [-0.1, -0.05) is 91.0 Å². The van der Waals surface area contributed by atoms with Crippen molar-refractivity contribution in [3.05, 3.63) is 108 Å². The van der Waals surface area contributed by atoms with Crippen LogP contribution in [0.1, 0.15) is 48.8 Å². The van der Waals surface area contributed by atoms with Crippen molar-refractivity contribution in [2.75, 3.05) is 39.3 Å². The molecular weight excluding hydrogens is 548 g/mol. The Kier molecular flexibility index (Phi) is 7.98. The van der Waals surface area contributed by atoms with Gasteiger partial charge in [0, 0.05) is 45.7 Å². The molecule has 44 heavy (non-hydrogen) atoms. The average Bonchev–Trinajstić information content (AvgIpc) is 3.89. The number of carbonyl (C=O) groups is 3. The summed E-state index contributed by atoms with van der Waals surface area (Å²) < 4.78 is 0. The van der Waals surface area contributed by atoms with E-state index in [1.54, 1.807) is 0 Å². The highest BCUT2D eigenvalue weighted by molar-refractivity contribution is 5.93. The molecule has 0 saturated carbocycles. The zero-order valence-electron chi connectivity index (χ0n) is 25.3. The lowest BCUT2D eigenvalue weighted by Gasteiger charge is -2.38. The molecule has 3 aromatic rings. The van der Waals surface area contributed by atoms with Crippen LogP contribution in [0.3, 0.4) is 0 Å². The van der Waals surface area contributed by atoms with Gasteiger partial charge in [0.25, 0.3) is 0 Å². The Morgan fingerprint density at radius 2 is 1.09 bits per heavy atom. The molecule has 7 heteroatoms. The third-order valence-electron chi connectivity index (χ3n) is 10.6. The molecule has 7 nitrogen and oxygen atoms in total. The molecule has 4 atom stereocenters. The molecule has 3 amide bonds. The molecule has 7 rings (SSSR count). The Hall–Kier alpha value is -3.97. The van der Waals surface area contributed by atoms with E-state index in [0.29, 0.717) is 37.8 Å². The standard InChI is InChI=1S/C37H42N4O3/c42-34(22-37(29-12-4-1-5-13-29,30-14-6-2-7-15-30)31-16-8-3-9-17-31)40-20-10-19-33(40)36(44)41-21-11-18-32(41)35(43)39-25-27-23-38-24-28(27)26-39/h1-9,12-17,27-28,32-33,38H,10-11,18-26H2/t27?,28?,32-,33+/m1/s1. The first-order chi connectivity index (χ1) is 21.6. The lowest BCUT2D eigenvalue weighted by molar-refractivity contribution is -0.149. The number of benzene rings is 3. The van der Waals surface area contributed by atoms with Crippen LogP contribution < -0.4 is 5.32 Å². The van der Waals surface area contributed by atoms with E-state index in [-0.39, 0.29) is 24.1 Å². The van der Waals surface area contributed by atoms with Crippen molar-refractivity contribution in [1.82, 2.24) is 20.0 Å². The van der Waals surface area contributed by atoms with Crippen LogP contribution in [0.4, 0.5) is 0 Å². The van der Waals surface area contributed by atoms with E-state index in [1.807, 2.05) is 69.3 Å². The highest BCUT2D eigenvalue weighted by Crippen LogP contribution is 2.43. The average molecular weight is 591 g/mol. The minimum absolute atomic E-state index is 0.0284. The Bertz CT molecular complexity index is 1370. The normalized spacial score (nSPS) is 25.0. The largest absolute Gasteiger partial charge is 0.340 e. The van der Waals surface area contributed by atoms with Gasteiger partial charge in [0.15, 0.2) is 0 Å². The molecule has 1 N–H and O–H groups in total. The van der Waals surface area contributed by atoms with Gasteiger partial charge in [-0.25, -0.2) is 0 Å². The van der Waals surface area contributed by atoms with Gasteiger partial charge >= 0.3 is 0 Å². The molecule has 2 unspecified atom stereocenters. The van der Waals surface area contributed by atoms with Crippen LogP contribution in [0.25, 0.3) is 0 Å². The highest BCUT2D eigenvalue weighted by Gasteiger charge is 2.47. The van der Waals surface area contributed by atoms with Crippen molar-refractivity contribution < 1.29 is 14.4 Å². The lowest BCUT2D eigenvalue weighted by Crippen LogP contribution is -2.54. The van der Waals surface area contributed by atoms with Crippen LogP contribution in [-0.4, -0.2) is 83.8 Å². The summed E-state index contributed by atoms with van der Waals surface area (Å²) in [6.45, 7) is 4.64. The number of rotatable bonds is 7. The van der Waals surface area contributed by atoms with Crippen LogP contribution in [0.5, 0.6) is 0 Å². The molecule has 0 spiro atoms. The van der Waals surface area contributed by atoms with Gasteiger partial charge in [-0.15, -0.1) is 0 Å². The van der Waals surface area contributed by atoms with E-state index in [0.717, 1.165) is 55.7 Å². The molecule has 3 aromatic carbocycles. The predicted molar refractivity (Wildman–Crippen MR) is 170 cm³/mol. The molecule has 4 saturated heterocycles. The zero-order valence-corrected chi connectivity index (χ0v) is 25.3. The smallest absolute Gasteiger partial charge is 0.246 e. The summed E-state index contributed by atoms with van der Waals surface area (Å²) in [5, 5.41) is 3.44. The summed E-state index contributed by atoms with van der Waals surface area (Å²) >= 11 is 0. The summed E-state index contributed by atoms with van der Waals surface area (Å²) in [7, 11) is 0. The van der Waals surface area contributed by atoms with Crippen LogP contribution in [0, 0.1) is 11.8 Å². The van der Waals surface area contributed by atoms with E-state index in [1.165, 1.54) is 0 Å². The fourth-order valence-electron chi connectivity index (χ4n) is 8.35. The monoisotopic (exact) mass is 590 g/mol. The highest BCUT2D eigenvalue weighted by atomic mass is 16.2. The summed E-state index contributed by atoms with van der Waals surface area (Å²) in [5.41, 5.74) is 2.42. The number of hydrogen-bond acceptors (Lipinski definition) is 4. The first kappa shape index (κ1) is 28.8. The minimum atomic E-state index is -0.716. The molecule has 4 aliphatic rings. The molecule has 0 aromatic heterocycles. The van der Waals surface area contributed by atoms with E-state index < -0.39 is 17.5 Å². The van der Waals surface area contributed by atoms with Crippen LogP contribution >= 0.6 is 0 Å². The van der Waals surface area contributed by atoms with Gasteiger partial charge in [0.05, 0.1) is 5.41 Å². The van der Waals surface area contributed by atoms with Gasteiger partial charge in [0.1, 0.15) is 12.1 Å². The van der Waals surface area contributed by atoms with Crippen molar-refractivity contribution in [3.63, 3.8) is 0 Å². The van der Waals surface area contributed by atoms with Gasteiger partial charge < -0.3 is 20.0 Å². The van der Waals surface area contributed by atoms with Crippen molar-refractivity contribution in [2.24, 2.45) is 11.8 Å². The SMILES string of the molecule is O=C([C@H]1CCCN1C(=O)[C@@H]1CCCN1C(=O)CC(c1ccccc1)(c1ccccc1)c1ccccc1)N1CC2CNCC2C1. The molecule has 4 heterocycles. The maximum absolute atomic E-state index is 14.5. The van der Waals surface area contributed by atoms with Crippen LogP contribution in [-0.2, 0) is 19.8 Å². The number of nitrogens with zero attached hydrogens (tertiary/aromatic N) is 3. The third-order valence-corrected chi connectivity index (χ3v) is 10.6. The van der Waals surface area contributed by atoms with Crippen molar-refractivity contribution in [1.29, 1.82) is 0 Å². The minimum Gasteiger partial charge on any atom is -0.340 e. The molecule has 4 aliphatic heterocycles. The van der Waals surface area contributed by atoms with E-state index in [9.17, 15) is 14.4 Å². The van der Waals surface area contributed by atoms with Gasteiger partial charge in [-0.3, -0.25) is 14.4 Å². The van der Waals surface area contributed by atoms with Gasteiger partial charge in [-0.05, 0) is 54.2 Å². The second-order valence-corrected chi connectivity index (χ2v) is 13.0.